The molecule has 0 spiro atoms. The fraction of sp³-hybridized carbons (Fsp3) is 0.429. The Kier molecular flexibility index (Phi) is 5.10. The van der Waals surface area contributed by atoms with Crippen molar-refractivity contribution in [3.63, 3.8) is 0 Å². The average Bonchev–Trinajstić information content (AvgIpc) is 2.36. The number of aliphatic hydroxyl groups is 1. The number of carbonyl (C=O) groups excluding carboxylic acids is 2. The maximum absolute atomic E-state index is 12.0. The van der Waals surface area contributed by atoms with Crippen molar-refractivity contribution in [2.24, 2.45) is 5.73 Å². The van der Waals surface area contributed by atoms with Gasteiger partial charge in [0.05, 0.1) is 11.6 Å². The van der Waals surface area contributed by atoms with Crippen LogP contribution in [0.2, 0.25) is 0 Å². The molecule has 1 atom stereocenters. The second kappa shape index (κ2) is 6.38. The minimum absolute atomic E-state index is 0.208. The Hall–Kier alpha value is -2.08. The maximum atomic E-state index is 12.0. The monoisotopic (exact) mass is 280 g/mol. The molecule has 0 saturated carbocycles. The van der Waals surface area contributed by atoms with Crippen LogP contribution < -0.4 is 15.8 Å². The summed E-state index contributed by atoms with van der Waals surface area (Å²) in [5.74, 6) is -0.405. The van der Waals surface area contributed by atoms with Gasteiger partial charge in [-0.2, -0.15) is 0 Å². The first-order valence-corrected chi connectivity index (χ1v) is 6.24. The Morgan fingerprint density at radius 1 is 1.35 bits per heavy atom. The van der Waals surface area contributed by atoms with Gasteiger partial charge in [0.25, 0.3) is 11.8 Å². The van der Waals surface area contributed by atoms with E-state index in [1.54, 1.807) is 45.0 Å². The highest BCUT2D eigenvalue weighted by Gasteiger charge is 2.26. The molecule has 0 aromatic heterocycles. The van der Waals surface area contributed by atoms with Crippen molar-refractivity contribution in [3.05, 3.63) is 29.8 Å². The lowest BCUT2D eigenvalue weighted by Crippen LogP contribution is -2.50. The molecule has 1 unspecified atom stereocenters. The van der Waals surface area contributed by atoms with E-state index in [0.717, 1.165) is 0 Å². The van der Waals surface area contributed by atoms with Gasteiger partial charge in [0.15, 0.2) is 6.61 Å². The van der Waals surface area contributed by atoms with Crippen molar-refractivity contribution < 1.29 is 19.4 Å². The van der Waals surface area contributed by atoms with Gasteiger partial charge in [-0.15, -0.1) is 0 Å². The van der Waals surface area contributed by atoms with E-state index in [1.165, 1.54) is 0 Å². The second-order valence-electron chi connectivity index (χ2n) is 5.13. The third kappa shape index (κ3) is 4.55. The highest BCUT2D eigenvalue weighted by Crippen LogP contribution is 2.14. The molecule has 110 valence electrons. The number of primary amides is 1. The SMILES string of the molecule is CC(O)C(C)(C)NC(=O)c1ccc(OCC(N)=O)cc1. The largest absolute Gasteiger partial charge is 0.484 e. The number of hydrogen-bond acceptors (Lipinski definition) is 4. The maximum Gasteiger partial charge on any atom is 0.255 e. The van der Waals surface area contributed by atoms with Crippen molar-refractivity contribution in [2.75, 3.05) is 6.61 Å². The molecule has 0 aliphatic carbocycles. The zero-order chi connectivity index (χ0) is 15.3. The first kappa shape index (κ1) is 16.0. The number of nitrogens with one attached hydrogen (secondary N) is 1. The second-order valence-corrected chi connectivity index (χ2v) is 5.13. The Morgan fingerprint density at radius 3 is 2.35 bits per heavy atom. The van der Waals surface area contributed by atoms with E-state index >= 15 is 0 Å². The number of ether oxygens (including phenoxy) is 1. The first-order chi connectivity index (χ1) is 9.22. The molecule has 6 heteroatoms. The molecule has 0 aliphatic rings. The number of hydrogen-bond donors (Lipinski definition) is 3. The summed E-state index contributed by atoms with van der Waals surface area (Å²) < 4.78 is 5.10. The van der Waals surface area contributed by atoms with Gasteiger partial charge in [0.2, 0.25) is 0 Å². The smallest absolute Gasteiger partial charge is 0.255 e. The van der Waals surface area contributed by atoms with Gasteiger partial charge >= 0.3 is 0 Å². The van der Waals surface area contributed by atoms with Crippen molar-refractivity contribution in [3.8, 4) is 5.75 Å². The Morgan fingerprint density at radius 2 is 1.90 bits per heavy atom. The number of amides is 2. The fourth-order valence-corrected chi connectivity index (χ4v) is 1.33. The van der Waals surface area contributed by atoms with Crippen LogP contribution in [0.25, 0.3) is 0 Å². The number of aliphatic hydroxyl groups excluding tert-OH is 1. The van der Waals surface area contributed by atoms with Crippen LogP contribution in [-0.2, 0) is 4.79 Å². The number of carbonyl (C=O) groups is 2. The molecule has 2 amide bonds. The summed E-state index contributed by atoms with van der Waals surface area (Å²) in [6, 6.07) is 6.30. The van der Waals surface area contributed by atoms with E-state index in [-0.39, 0.29) is 12.5 Å². The summed E-state index contributed by atoms with van der Waals surface area (Å²) in [6.45, 7) is 4.88. The molecule has 0 bridgehead atoms. The fourth-order valence-electron chi connectivity index (χ4n) is 1.33. The summed E-state index contributed by atoms with van der Waals surface area (Å²) in [6.07, 6.45) is -0.676. The average molecular weight is 280 g/mol. The third-order valence-electron chi connectivity index (χ3n) is 2.98. The van der Waals surface area contributed by atoms with Gasteiger partial charge in [0.1, 0.15) is 5.75 Å². The van der Waals surface area contributed by atoms with Gasteiger partial charge in [-0.3, -0.25) is 9.59 Å². The van der Waals surface area contributed by atoms with Gasteiger partial charge < -0.3 is 20.9 Å². The van der Waals surface area contributed by atoms with Crippen LogP contribution in [-0.4, -0.2) is 35.2 Å². The van der Waals surface area contributed by atoms with Crippen LogP contribution in [0.3, 0.4) is 0 Å². The summed E-state index contributed by atoms with van der Waals surface area (Å²) in [5, 5.41) is 12.3. The zero-order valence-corrected chi connectivity index (χ0v) is 11.8. The lowest BCUT2D eigenvalue weighted by Gasteiger charge is -2.29. The molecule has 4 N–H and O–H groups in total. The Balaban J connectivity index is 2.68. The molecule has 1 aromatic carbocycles. The summed E-state index contributed by atoms with van der Waals surface area (Å²) in [7, 11) is 0. The van der Waals surface area contributed by atoms with Crippen LogP contribution in [0.1, 0.15) is 31.1 Å². The predicted molar refractivity (Wildman–Crippen MR) is 74.4 cm³/mol. The van der Waals surface area contributed by atoms with Crippen LogP contribution in [0.4, 0.5) is 0 Å². The van der Waals surface area contributed by atoms with E-state index in [4.69, 9.17) is 10.5 Å². The highest BCUT2D eigenvalue weighted by atomic mass is 16.5. The lowest BCUT2D eigenvalue weighted by molar-refractivity contribution is -0.119. The van der Waals surface area contributed by atoms with E-state index in [0.29, 0.717) is 11.3 Å². The predicted octanol–water partition coefficient (Wildman–Crippen LogP) is 0.440. The third-order valence-corrected chi connectivity index (χ3v) is 2.98. The van der Waals surface area contributed by atoms with Gasteiger partial charge in [-0.05, 0) is 45.0 Å². The minimum atomic E-state index is -0.724. The molecule has 1 rings (SSSR count). The molecule has 0 aliphatic heterocycles. The zero-order valence-electron chi connectivity index (χ0n) is 11.8. The summed E-state index contributed by atoms with van der Waals surface area (Å²) >= 11 is 0. The van der Waals surface area contributed by atoms with Gasteiger partial charge in [-0.1, -0.05) is 0 Å². The quantitative estimate of drug-likeness (QED) is 0.703. The van der Waals surface area contributed by atoms with Crippen molar-refractivity contribution in [1.29, 1.82) is 0 Å². The molecule has 6 nitrogen and oxygen atoms in total. The van der Waals surface area contributed by atoms with E-state index in [1.807, 2.05) is 0 Å². The van der Waals surface area contributed by atoms with Gasteiger partial charge in [0, 0.05) is 5.56 Å². The standard InChI is InChI=1S/C14H20N2O4/c1-9(17)14(2,3)16-13(19)10-4-6-11(7-5-10)20-8-12(15)18/h4-7,9,17H,8H2,1-3H3,(H2,15,18)(H,16,19). The molecule has 1 aromatic rings. The topological polar surface area (TPSA) is 102 Å². The van der Waals surface area contributed by atoms with Gasteiger partial charge in [-0.25, -0.2) is 0 Å². The van der Waals surface area contributed by atoms with Crippen LogP contribution in [0.15, 0.2) is 24.3 Å². The van der Waals surface area contributed by atoms with Crippen molar-refractivity contribution >= 4 is 11.8 Å². The van der Waals surface area contributed by atoms with Crippen LogP contribution in [0.5, 0.6) is 5.75 Å². The normalized spacial score (nSPS) is 12.6. The molecular formula is C14H20N2O4. The molecule has 20 heavy (non-hydrogen) atoms. The number of benzene rings is 1. The Labute approximate surface area is 117 Å². The highest BCUT2D eigenvalue weighted by molar-refractivity contribution is 5.94. The van der Waals surface area contributed by atoms with Crippen molar-refractivity contribution in [1.82, 2.24) is 5.32 Å². The molecule has 0 fully saturated rings. The number of rotatable bonds is 6. The lowest BCUT2D eigenvalue weighted by atomic mass is 9.98. The Bertz CT molecular complexity index is 480. The minimum Gasteiger partial charge on any atom is -0.484 e. The van der Waals surface area contributed by atoms with E-state index < -0.39 is 17.6 Å². The summed E-state index contributed by atoms with van der Waals surface area (Å²) in [5.41, 5.74) is 4.68. The van der Waals surface area contributed by atoms with Crippen LogP contribution >= 0.6 is 0 Å². The molecule has 0 radical (unpaired) electrons. The van der Waals surface area contributed by atoms with Crippen molar-refractivity contribution in [2.45, 2.75) is 32.4 Å². The van der Waals surface area contributed by atoms with E-state index in [2.05, 4.69) is 5.32 Å². The molecule has 0 saturated heterocycles. The number of nitrogens with two attached hydrogens (primary N) is 1. The summed E-state index contributed by atoms with van der Waals surface area (Å²) in [4.78, 5) is 22.6. The first-order valence-electron chi connectivity index (χ1n) is 6.24. The molecule has 0 heterocycles. The van der Waals surface area contributed by atoms with Crippen LogP contribution in [0, 0.1) is 0 Å². The van der Waals surface area contributed by atoms with E-state index in [9.17, 15) is 14.7 Å². The molecular weight excluding hydrogens is 260 g/mol.